The predicted octanol–water partition coefficient (Wildman–Crippen LogP) is 3.23. The van der Waals surface area contributed by atoms with Crippen molar-refractivity contribution in [3.05, 3.63) is 41.5 Å². The number of benzene rings is 1. The topological polar surface area (TPSA) is 34.1 Å². The second-order valence-corrected chi connectivity index (χ2v) is 6.20. The molecule has 2 nitrogen and oxygen atoms in total. The molecule has 1 aliphatic rings. The second kappa shape index (κ2) is 5.41. The van der Waals surface area contributed by atoms with E-state index in [-0.39, 0.29) is 4.90 Å². The third-order valence-corrected chi connectivity index (χ3v) is 4.23. The maximum absolute atomic E-state index is 12.0. The van der Waals surface area contributed by atoms with E-state index >= 15 is 0 Å². The molecular weight excluding hydrogens is 244 g/mol. The Balaban J connectivity index is 2.24. The molecule has 0 radical (unpaired) electrons. The van der Waals surface area contributed by atoms with E-state index in [0.717, 1.165) is 30.4 Å². The molecule has 2 rings (SSSR count). The largest absolute Gasteiger partial charge is 0.245 e. The summed E-state index contributed by atoms with van der Waals surface area (Å²) in [5.74, 6) is 2.80. The quantitative estimate of drug-likeness (QED) is 0.574. The van der Waals surface area contributed by atoms with E-state index in [4.69, 9.17) is 0 Å². The third kappa shape index (κ3) is 3.24. The van der Waals surface area contributed by atoms with Crippen LogP contribution < -0.4 is 0 Å². The van der Waals surface area contributed by atoms with Crippen LogP contribution in [0.2, 0.25) is 0 Å². The third-order valence-electron chi connectivity index (χ3n) is 2.97. The van der Waals surface area contributed by atoms with Gasteiger partial charge in [-0.25, -0.2) is 8.42 Å². The van der Waals surface area contributed by atoms with Gasteiger partial charge in [0.2, 0.25) is 9.84 Å². The van der Waals surface area contributed by atoms with Gasteiger partial charge in [0.1, 0.15) is 0 Å². The molecule has 0 heterocycles. The summed E-state index contributed by atoms with van der Waals surface area (Å²) in [5, 5.41) is 2.42. The molecule has 1 aromatic carbocycles. The van der Waals surface area contributed by atoms with Crippen molar-refractivity contribution in [2.75, 3.05) is 0 Å². The van der Waals surface area contributed by atoms with Gasteiger partial charge in [0.15, 0.2) is 0 Å². The first-order valence-corrected chi connectivity index (χ1v) is 7.60. The van der Waals surface area contributed by atoms with E-state index in [1.807, 2.05) is 13.0 Å². The van der Waals surface area contributed by atoms with Gasteiger partial charge in [-0.05, 0) is 50.3 Å². The fraction of sp³-hybridized carbons (Fsp3) is 0.333. The van der Waals surface area contributed by atoms with Crippen LogP contribution in [0.15, 0.2) is 40.8 Å². The summed E-state index contributed by atoms with van der Waals surface area (Å²) in [5.41, 5.74) is 1.99. The van der Waals surface area contributed by atoms with Crippen molar-refractivity contribution in [2.24, 2.45) is 0 Å². The zero-order chi connectivity index (χ0) is 13.0. The zero-order valence-corrected chi connectivity index (χ0v) is 11.3. The Labute approximate surface area is 109 Å². The van der Waals surface area contributed by atoms with Crippen LogP contribution in [0.3, 0.4) is 0 Å². The SMILES string of the molecule is Cc1ccc(S(=O)(=O)C#CC2=CCCCC2)cc1. The first kappa shape index (κ1) is 12.9. The highest BCUT2D eigenvalue weighted by Gasteiger charge is 2.10. The van der Waals surface area contributed by atoms with Crippen molar-refractivity contribution >= 4 is 9.84 Å². The molecule has 3 heteroatoms. The molecule has 1 aromatic rings. The molecule has 0 unspecified atom stereocenters. The molecule has 0 saturated heterocycles. The average molecular weight is 260 g/mol. The molecule has 0 spiro atoms. The molecule has 94 valence electrons. The lowest BCUT2D eigenvalue weighted by Gasteiger charge is -2.05. The standard InChI is InChI=1S/C15H16O2S/c1-13-7-9-15(10-8-13)18(16,17)12-11-14-5-3-2-4-6-14/h5,7-10H,2-4,6H2,1H3. The van der Waals surface area contributed by atoms with Crippen molar-refractivity contribution in [3.8, 4) is 11.2 Å². The van der Waals surface area contributed by atoms with Gasteiger partial charge >= 0.3 is 0 Å². The van der Waals surface area contributed by atoms with Gasteiger partial charge in [-0.1, -0.05) is 29.7 Å². The summed E-state index contributed by atoms with van der Waals surface area (Å²) in [6.45, 7) is 1.93. The minimum Gasteiger partial charge on any atom is -0.210 e. The monoisotopic (exact) mass is 260 g/mol. The Morgan fingerprint density at radius 3 is 2.44 bits per heavy atom. The van der Waals surface area contributed by atoms with Gasteiger partial charge in [-0.3, -0.25) is 0 Å². The summed E-state index contributed by atoms with van der Waals surface area (Å²) < 4.78 is 24.0. The Hall–Kier alpha value is -1.53. The maximum Gasteiger partial charge on any atom is 0.245 e. The van der Waals surface area contributed by atoms with E-state index in [1.165, 1.54) is 6.42 Å². The van der Waals surface area contributed by atoms with Crippen LogP contribution in [-0.2, 0) is 9.84 Å². The van der Waals surface area contributed by atoms with E-state index in [1.54, 1.807) is 24.3 Å². The lowest BCUT2D eigenvalue weighted by Crippen LogP contribution is -1.97. The lowest BCUT2D eigenvalue weighted by atomic mass is 10.0. The number of hydrogen-bond donors (Lipinski definition) is 0. The fourth-order valence-corrected chi connectivity index (χ4v) is 2.74. The van der Waals surface area contributed by atoms with E-state index < -0.39 is 9.84 Å². The second-order valence-electron chi connectivity index (χ2n) is 4.52. The average Bonchev–Trinajstić information content (AvgIpc) is 2.38. The predicted molar refractivity (Wildman–Crippen MR) is 72.7 cm³/mol. The summed E-state index contributed by atoms with van der Waals surface area (Å²) in [6, 6.07) is 6.78. The summed E-state index contributed by atoms with van der Waals surface area (Å²) in [4.78, 5) is 0.275. The zero-order valence-electron chi connectivity index (χ0n) is 10.4. The maximum atomic E-state index is 12.0. The normalized spacial score (nSPS) is 15.5. The summed E-state index contributed by atoms with van der Waals surface area (Å²) in [7, 11) is -3.48. The highest BCUT2D eigenvalue weighted by atomic mass is 32.2. The van der Waals surface area contributed by atoms with Crippen LogP contribution in [0.1, 0.15) is 31.2 Å². The van der Waals surface area contributed by atoms with Gasteiger partial charge in [0, 0.05) is 5.25 Å². The number of hydrogen-bond acceptors (Lipinski definition) is 2. The molecule has 0 fully saturated rings. The van der Waals surface area contributed by atoms with Crippen molar-refractivity contribution < 1.29 is 8.42 Å². The fourth-order valence-electron chi connectivity index (χ4n) is 1.86. The first-order chi connectivity index (χ1) is 8.58. The number of aryl methyl sites for hydroxylation is 1. The lowest BCUT2D eigenvalue weighted by molar-refractivity contribution is 0.606. The van der Waals surface area contributed by atoms with Gasteiger partial charge in [-0.2, -0.15) is 0 Å². The van der Waals surface area contributed by atoms with Gasteiger partial charge in [0.05, 0.1) is 4.90 Å². The van der Waals surface area contributed by atoms with E-state index in [9.17, 15) is 8.42 Å². The molecule has 0 atom stereocenters. The number of rotatable bonds is 1. The van der Waals surface area contributed by atoms with E-state index in [2.05, 4.69) is 11.2 Å². The van der Waals surface area contributed by atoms with E-state index in [0.29, 0.717) is 0 Å². The van der Waals surface area contributed by atoms with Crippen LogP contribution in [0.4, 0.5) is 0 Å². The number of sulfone groups is 1. The van der Waals surface area contributed by atoms with Crippen LogP contribution in [0.25, 0.3) is 0 Å². The molecule has 18 heavy (non-hydrogen) atoms. The molecule has 0 bridgehead atoms. The molecule has 0 N–H and O–H groups in total. The number of allylic oxidation sites excluding steroid dienone is 2. The highest BCUT2D eigenvalue weighted by Crippen LogP contribution is 2.17. The Morgan fingerprint density at radius 2 is 1.83 bits per heavy atom. The molecule has 0 amide bonds. The van der Waals surface area contributed by atoms with Gasteiger partial charge in [0.25, 0.3) is 0 Å². The Morgan fingerprint density at radius 1 is 1.11 bits per heavy atom. The van der Waals surface area contributed by atoms with Crippen molar-refractivity contribution in [2.45, 2.75) is 37.5 Å². The van der Waals surface area contributed by atoms with Gasteiger partial charge in [-0.15, -0.1) is 0 Å². The van der Waals surface area contributed by atoms with Crippen LogP contribution >= 0.6 is 0 Å². The Bertz CT molecular complexity index is 611. The molecule has 0 saturated carbocycles. The van der Waals surface area contributed by atoms with Crippen molar-refractivity contribution in [3.63, 3.8) is 0 Å². The van der Waals surface area contributed by atoms with Crippen molar-refractivity contribution in [1.82, 2.24) is 0 Å². The Kier molecular flexibility index (Phi) is 3.88. The molecule has 0 aliphatic heterocycles. The van der Waals surface area contributed by atoms with Crippen LogP contribution in [0, 0.1) is 18.1 Å². The van der Waals surface area contributed by atoms with Crippen LogP contribution in [-0.4, -0.2) is 8.42 Å². The van der Waals surface area contributed by atoms with Crippen LogP contribution in [0.5, 0.6) is 0 Å². The minimum atomic E-state index is -3.48. The molecule has 1 aliphatic carbocycles. The smallest absolute Gasteiger partial charge is 0.210 e. The summed E-state index contributed by atoms with van der Waals surface area (Å²) in [6.07, 6.45) is 6.23. The van der Waals surface area contributed by atoms with Gasteiger partial charge < -0.3 is 0 Å². The summed E-state index contributed by atoms with van der Waals surface area (Å²) >= 11 is 0. The molecular formula is C15H16O2S. The minimum absolute atomic E-state index is 0.275. The molecule has 0 aromatic heterocycles. The van der Waals surface area contributed by atoms with Crippen molar-refractivity contribution in [1.29, 1.82) is 0 Å². The highest BCUT2D eigenvalue weighted by molar-refractivity contribution is 7.96. The first-order valence-electron chi connectivity index (χ1n) is 6.11.